The number of nitrogens with zero attached hydrogens (tertiary/aromatic N) is 1. The first-order valence-electron chi connectivity index (χ1n) is 5.51. The Morgan fingerprint density at radius 1 is 1.39 bits per heavy atom. The summed E-state index contributed by atoms with van der Waals surface area (Å²) in [6.45, 7) is 4.25. The number of benzene rings is 1. The molecule has 0 heterocycles. The van der Waals surface area contributed by atoms with E-state index in [0.29, 0.717) is 12.2 Å². The van der Waals surface area contributed by atoms with Crippen LogP contribution in [0.3, 0.4) is 0 Å². The Morgan fingerprint density at radius 3 is 2.56 bits per heavy atom. The smallest absolute Gasteiger partial charge is 0.333 e. The lowest BCUT2D eigenvalue weighted by molar-refractivity contribution is -0.384. The lowest BCUT2D eigenvalue weighted by Crippen LogP contribution is -2.32. The van der Waals surface area contributed by atoms with Crippen molar-refractivity contribution >= 4 is 11.4 Å². The number of nitro groups is 1. The summed E-state index contributed by atoms with van der Waals surface area (Å²) < 4.78 is 10.2. The van der Waals surface area contributed by atoms with Gasteiger partial charge in [0.15, 0.2) is 5.75 Å². The molecule has 0 spiro atoms. The number of anilines is 1. The minimum absolute atomic E-state index is 0.0631. The van der Waals surface area contributed by atoms with E-state index in [1.54, 1.807) is 25.3 Å². The standard InChI is InChI=1S/C12H18N2O4/c1-12(2,18-4)8-13-9-6-5-7-10(17-3)11(9)14(15)16/h5-7,13H,8H2,1-4H3. The minimum Gasteiger partial charge on any atom is -0.490 e. The van der Waals surface area contributed by atoms with Gasteiger partial charge in [0.2, 0.25) is 0 Å². The largest absolute Gasteiger partial charge is 0.490 e. The molecule has 0 saturated carbocycles. The van der Waals surface area contributed by atoms with Gasteiger partial charge in [0.1, 0.15) is 5.69 Å². The molecule has 100 valence electrons. The van der Waals surface area contributed by atoms with Crippen LogP contribution in [0.5, 0.6) is 5.75 Å². The van der Waals surface area contributed by atoms with Gasteiger partial charge in [-0.25, -0.2) is 0 Å². The molecule has 1 aromatic carbocycles. The van der Waals surface area contributed by atoms with Gasteiger partial charge < -0.3 is 14.8 Å². The van der Waals surface area contributed by atoms with E-state index in [-0.39, 0.29) is 11.4 Å². The molecule has 0 atom stereocenters. The average Bonchev–Trinajstić information content (AvgIpc) is 2.35. The molecule has 0 radical (unpaired) electrons. The van der Waals surface area contributed by atoms with Gasteiger partial charge in [0.05, 0.1) is 17.6 Å². The predicted molar refractivity (Wildman–Crippen MR) is 69.2 cm³/mol. The van der Waals surface area contributed by atoms with Gasteiger partial charge >= 0.3 is 5.69 Å². The van der Waals surface area contributed by atoms with Crippen LogP contribution >= 0.6 is 0 Å². The number of methoxy groups -OCH3 is 2. The Hall–Kier alpha value is -1.82. The van der Waals surface area contributed by atoms with E-state index >= 15 is 0 Å². The molecule has 1 rings (SSSR count). The summed E-state index contributed by atoms with van der Waals surface area (Å²) >= 11 is 0. The third kappa shape index (κ3) is 3.33. The normalized spacial score (nSPS) is 11.1. The number of rotatable bonds is 6. The summed E-state index contributed by atoms with van der Waals surface area (Å²) in [5.41, 5.74) is -0.0481. The Morgan fingerprint density at radius 2 is 2.06 bits per heavy atom. The summed E-state index contributed by atoms with van der Waals surface area (Å²) in [5.74, 6) is 0.236. The van der Waals surface area contributed by atoms with E-state index in [2.05, 4.69) is 5.32 Å². The molecule has 0 aliphatic rings. The van der Waals surface area contributed by atoms with Gasteiger partial charge in [0, 0.05) is 13.7 Å². The van der Waals surface area contributed by atoms with Crippen LogP contribution in [0.4, 0.5) is 11.4 Å². The maximum atomic E-state index is 11.0. The van der Waals surface area contributed by atoms with Crippen molar-refractivity contribution in [1.29, 1.82) is 0 Å². The van der Waals surface area contributed by atoms with Crippen LogP contribution in [0.15, 0.2) is 18.2 Å². The Kier molecular flexibility index (Phi) is 4.49. The highest BCUT2D eigenvalue weighted by molar-refractivity contribution is 5.68. The molecule has 0 bridgehead atoms. The molecule has 1 aromatic rings. The maximum absolute atomic E-state index is 11.0. The van der Waals surface area contributed by atoms with Crippen LogP contribution in [0.25, 0.3) is 0 Å². The maximum Gasteiger partial charge on any atom is 0.333 e. The minimum atomic E-state index is -0.457. The molecular weight excluding hydrogens is 236 g/mol. The summed E-state index contributed by atoms with van der Waals surface area (Å²) in [5, 5.41) is 14.1. The van der Waals surface area contributed by atoms with Crippen molar-refractivity contribution in [3.8, 4) is 5.75 Å². The quantitative estimate of drug-likeness (QED) is 0.623. The fourth-order valence-corrected chi connectivity index (χ4v) is 1.40. The van der Waals surface area contributed by atoms with Crippen molar-refractivity contribution in [2.75, 3.05) is 26.1 Å². The highest BCUT2D eigenvalue weighted by Gasteiger charge is 2.23. The van der Waals surface area contributed by atoms with Gasteiger partial charge in [-0.3, -0.25) is 10.1 Å². The molecule has 0 aliphatic carbocycles. The summed E-state index contributed by atoms with van der Waals surface area (Å²) in [6, 6.07) is 4.91. The first-order chi connectivity index (χ1) is 8.41. The lowest BCUT2D eigenvalue weighted by atomic mass is 10.1. The molecule has 0 amide bonds. The van der Waals surface area contributed by atoms with Crippen LogP contribution in [0.2, 0.25) is 0 Å². The number of para-hydroxylation sites is 1. The van der Waals surface area contributed by atoms with Gasteiger partial charge in [-0.2, -0.15) is 0 Å². The van der Waals surface area contributed by atoms with Crippen LogP contribution in [0.1, 0.15) is 13.8 Å². The van der Waals surface area contributed by atoms with Gasteiger partial charge in [-0.1, -0.05) is 6.07 Å². The number of nitro benzene ring substituents is 1. The van der Waals surface area contributed by atoms with Gasteiger partial charge in [-0.15, -0.1) is 0 Å². The second-order valence-electron chi connectivity index (χ2n) is 4.43. The average molecular weight is 254 g/mol. The van der Waals surface area contributed by atoms with Crippen molar-refractivity contribution in [3.63, 3.8) is 0 Å². The first-order valence-corrected chi connectivity index (χ1v) is 5.51. The topological polar surface area (TPSA) is 73.6 Å². The van der Waals surface area contributed by atoms with E-state index in [1.807, 2.05) is 13.8 Å². The molecule has 6 nitrogen and oxygen atoms in total. The molecule has 18 heavy (non-hydrogen) atoms. The van der Waals surface area contributed by atoms with Crippen molar-refractivity contribution < 1.29 is 14.4 Å². The second-order valence-corrected chi connectivity index (χ2v) is 4.43. The fraction of sp³-hybridized carbons (Fsp3) is 0.500. The van der Waals surface area contributed by atoms with E-state index in [4.69, 9.17) is 9.47 Å². The van der Waals surface area contributed by atoms with Crippen LogP contribution < -0.4 is 10.1 Å². The highest BCUT2D eigenvalue weighted by Crippen LogP contribution is 2.34. The predicted octanol–water partition coefficient (Wildman–Crippen LogP) is 2.44. The van der Waals surface area contributed by atoms with Crippen molar-refractivity contribution in [2.24, 2.45) is 0 Å². The molecule has 0 aromatic heterocycles. The Bertz CT molecular complexity index is 432. The van der Waals surface area contributed by atoms with Crippen LogP contribution in [0, 0.1) is 10.1 Å². The molecule has 0 aliphatic heterocycles. The molecule has 1 N–H and O–H groups in total. The zero-order chi connectivity index (χ0) is 13.8. The SMILES string of the molecule is COc1cccc(NCC(C)(C)OC)c1[N+](=O)[O-]. The zero-order valence-electron chi connectivity index (χ0n) is 11.0. The summed E-state index contributed by atoms with van der Waals surface area (Å²) in [7, 11) is 3.01. The fourth-order valence-electron chi connectivity index (χ4n) is 1.40. The van der Waals surface area contributed by atoms with Crippen molar-refractivity contribution in [1.82, 2.24) is 0 Å². The molecule has 0 fully saturated rings. The van der Waals surface area contributed by atoms with Crippen LogP contribution in [-0.4, -0.2) is 31.3 Å². The third-order valence-electron chi connectivity index (χ3n) is 2.66. The molecule has 6 heteroatoms. The van der Waals surface area contributed by atoms with Crippen LogP contribution in [-0.2, 0) is 4.74 Å². The third-order valence-corrected chi connectivity index (χ3v) is 2.66. The van der Waals surface area contributed by atoms with Crippen molar-refractivity contribution in [3.05, 3.63) is 28.3 Å². The molecular formula is C12H18N2O4. The van der Waals surface area contributed by atoms with E-state index in [1.165, 1.54) is 7.11 Å². The second kappa shape index (κ2) is 5.68. The van der Waals surface area contributed by atoms with Gasteiger partial charge in [-0.05, 0) is 26.0 Å². The first kappa shape index (κ1) is 14.2. The number of ether oxygens (including phenoxy) is 2. The van der Waals surface area contributed by atoms with E-state index in [9.17, 15) is 10.1 Å². The summed E-state index contributed by atoms with van der Waals surface area (Å²) in [6.07, 6.45) is 0. The molecule has 0 saturated heterocycles. The Balaban J connectivity index is 2.99. The zero-order valence-corrected chi connectivity index (χ0v) is 11.0. The van der Waals surface area contributed by atoms with Crippen molar-refractivity contribution in [2.45, 2.75) is 19.4 Å². The monoisotopic (exact) mass is 254 g/mol. The Labute approximate surface area is 106 Å². The van der Waals surface area contributed by atoms with Gasteiger partial charge in [0.25, 0.3) is 0 Å². The molecule has 0 unspecified atom stereocenters. The summed E-state index contributed by atoms with van der Waals surface area (Å²) in [4.78, 5) is 10.6. The van der Waals surface area contributed by atoms with E-state index < -0.39 is 10.5 Å². The number of hydrogen-bond acceptors (Lipinski definition) is 5. The highest BCUT2D eigenvalue weighted by atomic mass is 16.6. The number of hydrogen-bond donors (Lipinski definition) is 1. The number of nitrogens with one attached hydrogen (secondary N) is 1. The lowest BCUT2D eigenvalue weighted by Gasteiger charge is -2.23. The van der Waals surface area contributed by atoms with E-state index in [0.717, 1.165) is 0 Å².